The Kier molecular flexibility index (Phi) is 3.13. The van der Waals surface area contributed by atoms with Crippen LogP contribution in [0.3, 0.4) is 0 Å². The Morgan fingerprint density at radius 1 is 1.04 bits per heavy atom. The summed E-state index contributed by atoms with van der Waals surface area (Å²) in [7, 11) is 0. The summed E-state index contributed by atoms with van der Waals surface area (Å²) in [6.07, 6.45) is 0.847. The van der Waals surface area contributed by atoms with E-state index in [0.29, 0.717) is 11.8 Å². The van der Waals surface area contributed by atoms with Crippen molar-refractivity contribution < 1.29 is 22.8 Å². The summed E-state index contributed by atoms with van der Waals surface area (Å²) in [5.41, 5.74) is -0.531. The quantitative estimate of drug-likeness (QED) is 0.664. The van der Waals surface area contributed by atoms with Crippen LogP contribution < -0.4 is 5.32 Å². The van der Waals surface area contributed by atoms with E-state index in [-0.39, 0.29) is 47.8 Å². The third-order valence-corrected chi connectivity index (χ3v) is 6.39. The van der Waals surface area contributed by atoms with Gasteiger partial charge in [-0.2, -0.15) is 13.2 Å². The molecular weight excluding hydrogens is 345 g/mol. The van der Waals surface area contributed by atoms with Crippen molar-refractivity contribution in [3.63, 3.8) is 0 Å². The molecule has 1 heterocycles. The summed E-state index contributed by atoms with van der Waals surface area (Å²) in [6, 6.07) is 4.77. The molecule has 136 valence electrons. The van der Waals surface area contributed by atoms with Gasteiger partial charge in [0.1, 0.15) is 0 Å². The number of hydrogen-bond acceptors (Lipinski definition) is 3. The topological polar surface area (TPSA) is 49.4 Å². The number of halogens is 3. The number of amides is 2. The zero-order valence-electron chi connectivity index (χ0n) is 13.7. The Morgan fingerprint density at radius 2 is 1.65 bits per heavy atom. The van der Waals surface area contributed by atoms with Crippen molar-refractivity contribution in [2.24, 2.45) is 35.5 Å². The molecule has 2 bridgehead atoms. The van der Waals surface area contributed by atoms with Gasteiger partial charge in [-0.25, -0.2) is 0 Å². The molecule has 7 heteroatoms. The largest absolute Gasteiger partial charge is 0.416 e. The molecule has 0 aromatic heterocycles. The molecule has 0 unspecified atom stereocenters. The molecule has 2 amide bonds. The summed E-state index contributed by atoms with van der Waals surface area (Å²) < 4.78 is 38.4. The Labute approximate surface area is 148 Å². The first kappa shape index (κ1) is 15.9. The van der Waals surface area contributed by atoms with E-state index in [0.717, 1.165) is 18.6 Å². The smallest absolute Gasteiger partial charge is 0.367 e. The molecule has 4 nitrogen and oxygen atoms in total. The van der Waals surface area contributed by atoms with Crippen molar-refractivity contribution in [2.75, 3.05) is 12.0 Å². The van der Waals surface area contributed by atoms with E-state index in [4.69, 9.17) is 0 Å². The molecule has 3 fully saturated rings. The van der Waals surface area contributed by atoms with Crippen LogP contribution in [0.25, 0.3) is 0 Å². The standard InChI is InChI=1S/C19H17F3N2O2/c20-19(21,22)9-2-1-3-10(6-9)23-8-24-17(25)15-11-4-5-12(14-7-13(11)14)16(15)18(24)26/h1-6,11-16,23H,7-8H2/t11-,12+,13-,14-,15+,16-/m1/s1. The summed E-state index contributed by atoms with van der Waals surface area (Å²) in [4.78, 5) is 26.8. The van der Waals surface area contributed by atoms with Gasteiger partial charge in [0.15, 0.2) is 0 Å². The van der Waals surface area contributed by atoms with Crippen LogP contribution in [0.5, 0.6) is 0 Å². The van der Waals surface area contributed by atoms with E-state index < -0.39 is 11.7 Å². The number of nitrogens with zero attached hydrogens (tertiary/aromatic N) is 1. The number of likely N-dealkylation sites (tertiary alicyclic amines) is 1. The first-order valence-electron chi connectivity index (χ1n) is 8.81. The number of carbonyl (C=O) groups excluding carboxylic acids is 2. The van der Waals surface area contributed by atoms with Gasteiger partial charge < -0.3 is 5.32 Å². The highest BCUT2D eigenvalue weighted by Gasteiger charge is 2.66. The molecule has 1 aliphatic heterocycles. The third-order valence-electron chi connectivity index (χ3n) is 6.39. The second-order valence-corrected chi connectivity index (χ2v) is 7.67. The van der Waals surface area contributed by atoms with Crippen LogP contribution in [0.4, 0.5) is 18.9 Å². The highest BCUT2D eigenvalue weighted by molar-refractivity contribution is 6.06. The molecule has 1 aromatic carbocycles. The minimum absolute atomic E-state index is 0.0965. The van der Waals surface area contributed by atoms with Crippen LogP contribution >= 0.6 is 0 Å². The van der Waals surface area contributed by atoms with Crippen LogP contribution in [-0.4, -0.2) is 23.4 Å². The maximum absolute atomic E-state index is 12.8. The van der Waals surface area contributed by atoms with E-state index >= 15 is 0 Å². The van der Waals surface area contributed by atoms with Crippen molar-refractivity contribution in [1.29, 1.82) is 0 Å². The fourth-order valence-corrected chi connectivity index (χ4v) is 5.15. The number of rotatable bonds is 3. The lowest BCUT2D eigenvalue weighted by atomic mass is 9.63. The Hall–Kier alpha value is -2.31. The maximum Gasteiger partial charge on any atom is 0.416 e. The molecule has 1 saturated heterocycles. The molecule has 0 spiro atoms. The molecule has 6 atom stereocenters. The van der Waals surface area contributed by atoms with Crippen molar-refractivity contribution in [1.82, 2.24) is 4.90 Å². The number of alkyl halides is 3. The second kappa shape index (κ2) is 5.11. The van der Waals surface area contributed by atoms with Crippen molar-refractivity contribution in [3.8, 4) is 0 Å². The Morgan fingerprint density at radius 3 is 2.23 bits per heavy atom. The zero-order valence-corrected chi connectivity index (χ0v) is 13.7. The lowest BCUT2D eigenvalue weighted by Gasteiger charge is -2.37. The fraction of sp³-hybridized carbons (Fsp3) is 0.474. The maximum atomic E-state index is 12.8. The number of benzene rings is 1. The predicted octanol–water partition coefficient (Wildman–Crippen LogP) is 3.13. The number of anilines is 1. The number of imide groups is 1. The average Bonchev–Trinajstić information content (AvgIpc) is 3.38. The zero-order chi connectivity index (χ0) is 18.2. The van der Waals surface area contributed by atoms with Gasteiger partial charge in [-0.3, -0.25) is 14.5 Å². The molecule has 1 N–H and O–H groups in total. The SMILES string of the molecule is O=C1[C@@H]2[C@H]3C=C[C@H]([C@H]4C[C@H]34)[C@@H]2C(=O)N1CNc1cccc(C(F)(F)F)c1. The Balaban J connectivity index is 1.33. The normalized spacial score (nSPS) is 37.0. The average molecular weight is 362 g/mol. The Bertz CT molecular complexity index is 798. The van der Waals surface area contributed by atoms with Gasteiger partial charge in [-0.15, -0.1) is 0 Å². The monoisotopic (exact) mass is 362 g/mol. The lowest BCUT2D eigenvalue weighted by molar-refractivity contribution is -0.140. The first-order chi connectivity index (χ1) is 12.4. The highest BCUT2D eigenvalue weighted by atomic mass is 19.4. The van der Waals surface area contributed by atoms with Gasteiger partial charge in [-0.05, 0) is 48.3 Å². The van der Waals surface area contributed by atoms with Crippen LogP contribution in [0, 0.1) is 35.5 Å². The fourth-order valence-electron chi connectivity index (χ4n) is 5.15. The van der Waals surface area contributed by atoms with Crippen molar-refractivity contribution in [2.45, 2.75) is 12.6 Å². The molecule has 0 radical (unpaired) electrons. The number of allylic oxidation sites excluding steroid dienone is 2. The first-order valence-corrected chi connectivity index (χ1v) is 8.81. The van der Waals surface area contributed by atoms with Crippen LogP contribution in [-0.2, 0) is 15.8 Å². The minimum atomic E-state index is -4.43. The third kappa shape index (κ3) is 2.15. The number of nitrogens with one attached hydrogen (secondary N) is 1. The highest BCUT2D eigenvalue weighted by Crippen LogP contribution is 2.65. The van der Waals surface area contributed by atoms with Gasteiger partial charge in [0, 0.05) is 5.69 Å². The van der Waals surface area contributed by atoms with Gasteiger partial charge in [-0.1, -0.05) is 18.2 Å². The van der Waals surface area contributed by atoms with E-state index in [1.54, 1.807) is 0 Å². The van der Waals surface area contributed by atoms with Gasteiger partial charge in [0.25, 0.3) is 0 Å². The second-order valence-electron chi connectivity index (χ2n) is 7.67. The summed E-state index contributed by atoms with van der Waals surface area (Å²) in [6.45, 7) is -0.0965. The van der Waals surface area contributed by atoms with E-state index in [9.17, 15) is 22.8 Å². The number of hydrogen-bond donors (Lipinski definition) is 1. The van der Waals surface area contributed by atoms with Gasteiger partial charge >= 0.3 is 6.18 Å². The van der Waals surface area contributed by atoms with Gasteiger partial charge in [0.05, 0.1) is 24.1 Å². The number of carbonyl (C=O) groups is 2. The summed E-state index contributed by atoms with van der Waals surface area (Å²) in [5.74, 6) is 0.385. The van der Waals surface area contributed by atoms with E-state index in [2.05, 4.69) is 17.5 Å². The molecule has 1 aromatic rings. The van der Waals surface area contributed by atoms with Crippen LogP contribution in [0.1, 0.15) is 12.0 Å². The van der Waals surface area contributed by atoms with Crippen molar-refractivity contribution in [3.05, 3.63) is 42.0 Å². The molecule has 5 aliphatic rings. The molecule has 26 heavy (non-hydrogen) atoms. The van der Waals surface area contributed by atoms with E-state index in [1.807, 2.05) is 0 Å². The molecule has 2 saturated carbocycles. The summed E-state index contributed by atoms with van der Waals surface area (Å²) in [5, 5.41) is 2.81. The van der Waals surface area contributed by atoms with Crippen molar-refractivity contribution >= 4 is 17.5 Å². The predicted molar refractivity (Wildman–Crippen MR) is 86.5 cm³/mol. The summed E-state index contributed by atoms with van der Waals surface area (Å²) >= 11 is 0. The molecule has 6 rings (SSSR count). The lowest BCUT2D eigenvalue weighted by Crippen LogP contribution is -2.40. The molecular formula is C19H17F3N2O2. The van der Waals surface area contributed by atoms with Crippen LogP contribution in [0.2, 0.25) is 0 Å². The minimum Gasteiger partial charge on any atom is -0.367 e. The van der Waals surface area contributed by atoms with Gasteiger partial charge in [0.2, 0.25) is 11.8 Å². The van der Waals surface area contributed by atoms with Crippen LogP contribution in [0.15, 0.2) is 36.4 Å². The van der Waals surface area contributed by atoms with E-state index in [1.165, 1.54) is 17.0 Å². The molecule has 4 aliphatic carbocycles.